The third kappa shape index (κ3) is 3.15. The summed E-state index contributed by atoms with van der Waals surface area (Å²) in [6, 6.07) is 5.38. The van der Waals surface area contributed by atoms with Crippen LogP contribution in [0.3, 0.4) is 0 Å². The molecule has 0 bridgehead atoms. The lowest BCUT2D eigenvalue weighted by Gasteiger charge is -2.54. The maximum atomic E-state index is 13.9. The molecule has 1 saturated carbocycles. The first kappa shape index (κ1) is 16.1. The van der Waals surface area contributed by atoms with Crippen LogP contribution in [0.2, 0.25) is 0 Å². The molecule has 3 nitrogen and oxygen atoms in total. The van der Waals surface area contributed by atoms with Gasteiger partial charge in [0.15, 0.2) is 11.6 Å². The zero-order valence-corrected chi connectivity index (χ0v) is 13.4. The zero-order chi connectivity index (χ0) is 15.5. The second-order valence-electron chi connectivity index (χ2n) is 5.81. The van der Waals surface area contributed by atoms with Gasteiger partial charge in [0.25, 0.3) is 0 Å². The summed E-state index contributed by atoms with van der Waals surface area (Å²) >= 11 is 0. The van der Waals surface area contributed by atoms with Crippen LogP contribution in [0.15, 0.2) is 18.2 Å². The minimum atomic E-state index is -0.319. The van der Waals surface area contributed by atoms with Crippen molar-refractivity contribution in [2.45, 2.75) is 52.7 Å². The lowest BCUT2D eigenvalue weighted by atomic mass is 9.61. The van der Waals surface area contributed by atoms with Crippen molar-refractivity contribution in [3.05, 3.63) is 24.0 Å². The van der Waals surface area contributed by atoms with Gasteiger partial charge in [-0.3, -0.25) is 0 Å². The summed E-state index contributed by atoms with van der Waals surface area (Å²) in [6.07, 6.45) is 2.29. The molecule has 1 aliphatic rings. The van der Waals surface area contributed by atoms with E-state index in [1.807, 2.05) is 19.9 Å². The normalized spacial score (nSPS) is 28.0. The van der Waals surface area contributed by atoms with Crippen molar-refractivity contribution >= 4 is 5.69 Å². The number of rotatable bonds is 7. The highest BCUT2D eigenvalue weighted by Gasteiger charge is 2.51. The standard InChI is InChI=1S/C17H26FNO2/c1-5-17(4)15(11-16(17)21-7-3)19-12-8-9-14(20-6-2)13(18)10-12/h8-10,15-16,19H,5-7,11H2,1-4H3. The van der Waals surface area contributed by atoms with Crippen LogP contribution in [-0.2, 0) is 4.74 Å². The molecule has 0 amide bonds. The summed E-state index contributed by atoms with van der Waals surface area (Å²) in [4.78, 5) is 0. The van der Waals surface area contributed by atoms with Gasteiger partial charge in [-0.05, 0) is 38.8 Å². The summed E-state index contributed by atoms with van der Waals surface area (Å²) in [5.74, 6) is -0.0113. The number of hydrogen-bond donors (Lipinski definition) is 1. The summed E-state index contributed by atoms with van der Waals surface area (Å²) in [5, 5.41) is 3.44. The van der Waals surface area contributed by atoms with Crippen LogP contribution in [-0.4, -0.2) is 25.4 Å². The van der Waals surface area contributed by atoms with Crippen molar-refractivity contribution in [2.24, 2.45) is 5.41 Å². The van der Waals surface area contributed by atoms with E-state index in [9.17, 15) is 4.39 Å². The average Bonchev–Trinajstić information content (AvgIpc) is 2.48. The van der Waals surface area contributed by atoms with Crippen LogP contribution in [0.4, 0.5) is 10.1 Å². The Bertz CT molecular complexity index is 480. The first-order chi connectivity index (χ1) is 10.0. The lowest BCUT2D eigenvalue weighted by Crippen LogP contribution is -2.59. The van der Waals surface area contributed by atoms with E-state index in [1.54, 1.807) is 6.07 Å². The molecule has 0 spiro atoms. The largest absolute Gasteiger partial charge is 0.491 e. The van der Waals surface area contributed by atoms with Gasteiger partial charge in [-0.1, -0.05) is 13.8 Å². The highest BCUT2D eigenvalue weighted by Crippen LogP contribution is 2.47. The van der Waals surface area contributed by atoms with E-state index in [-0.39, 0.29) is 17.3 Å². The number of anilines is 1. The van der Waals surface area contributed by atoms with Crippen molar-refractivity contribution in [1.29, 1.82) is 0 Å². The summed E-state index contributed by atoms with van der Waals surface area (Å²) in [7, 11) is 0. The smallest absolute Gasteiger partial charge is 0.167 e. The van der Waals surface area contributed by atoms with Crippen molar-refractivity contribution in [3.63, 3.8) is 0 Å². The Hall–Kier alpha value is -1.29. The van der Waals surface area contributed by atoms with E-state index < -0.39 is 0 Å². The minimum absolute atomic E-state index is 0.102. The van der Waals surface area contributed by atoms with E-state index >= 15 is 0 Å². The van der Waals surface area contributed by atoms with Crippen LogP contribution in [0.25, 0.3) is 0 Å². The molecular formula is C17H26FNO2. The third-order valence-electron chi connectivity index (χ3n) is 4.68. The molecule has 21 heavy (non-hydrogen) atoms. The maximum Gasteiger partial charge on any atom is 0.167 e. The van der Waals surface area contributed by atoms with Gasteiger partial charge in [0.05, 0.1) is 12.7 Å². The van der Waals surface area contributed by atoms with E-state index in [0.717, 1.165) is 25.1 Å². The van der Waals surface area contributed by atoms with Crippen LogP contribution in [0.5, 0.6) is 5.75 Å². The van der Waals surface area contributed by atoms with Crippen LogP contribution < -0.4 is 10.1 Å². The number of nitrogens with one attached hydrogen (secondary N) is 1. The fourth-order valence-corrected chi connectivity index (χ4v) is 3.04. The van der Waals surface area contributed by atoms with Crippen molar-refractivity contribution in [1.82, 2.24) is 0 Å². The van der Waals surface area contributed by atoms with Crippen molar-refractivity contribution in [3.8, 4) is 5.75 Å². The van der Waals surface area contributed by atoms with E-state index in [0.29, 0.717) is 18.4 Å². The molecule has 1 aliphatic carbocycles. The highest BCUT2D eigenvalue weighted by molar-refractivity contribution is 5.49. The van der Waals surface area contributed by atoms with E-state index in [1.165, 1.54) is 6.07 Å². The Morgan fingerprint density at radius 2 is 2.05 bits per heavy atom. The predicted octanol–water partition coefficient (Wildman–Crippen LogP) is 4.23. The SMILES string of the molecule is CCOc1ccc(NC2CC(OCC)C2(C)CC)cc1F. The molecule has 1 aromatic carbocycles. The summed E-state index contributed by atoms with van der Waals surface area (Å²) in [6.45, 7) is 9.50. The summed E-state index contributed by atoms with van der Waals surface area (Å²) < 4.78 is 24.9. The highest BCUT2D eigenvalue weighted by atomic mass is 19.1. The first-order valence-electron chi connectivity index (χ1n) is 7.85. The molecule has 118 valence electrons. The molecule has 0 aliphatic heterocycles. The fraction of sp³-hybridized carbons (Fsp3) is 0.647. The average molecular weight is 295 g/mol. The first-order valence-corrected chi connectivity index (χ1v) is 7.85. The predicted molar refractivity (Wildman–Crippen MR) is 83.4 cm³/mol. The third-order valence-corrected chi connectivity index (χ3v) is 4.68. The molecule has 1 N–H and O–H groups in total. The van der Waals surface area contributed by atoms with Gasteiger partial charge in [-0.2, -0.15) is 0 Å². The van der Waals surface area contributed by atoms with Crippen molar-refractivity contribution in [2.75, 3.05) is 18.5 Å². The topological polar surface area (TPSA) is 30.5 Å². The van der Waals surface area contributed by atoms with Crippen LogP contribution >= 0.6 is 0 Å². The fourth-order valence-electron chi connectivity index (χ4n) is 3.04. The van der Waals surface area contributed by atoms with Gasteiger partial charge >= 0.3 is 0 Å². The second-order valence-corrected chi connectivity index (χ2v) is 5.81. The number of ether oxygens (including phenoxy) is 2. The number of hydrogen-bond acceptors (Lipinski definition) is 3. The molecule has 1 fully saturated rings. The Morgan fingerprint density at radius 1 is 1.29 bits per heavy atom. The molecule has 0 radical (unpaired) electrons. The molecule has 2 rings (SSSR count). The van der Waals surface area contributed by atoms with Gasteiger partial charge in [-0.15, -0.1) is 0 Å². The molecule has 4 heteroatoms. The maximum absolute atomic E-state index is 13.9. The molecule has 0 heterocycles. The quantitative estimate of drug-likeness (QED) is 0.816. The van der Waals surface area contributed by atoms with Gasteiger partial charge in [0.2, 0.25) is 0 Å². The number of benzene rings is 1. The monoisotopic (exact) mass is 295 g/mol. The van der Waals surface area contributed by atoms with Crippen molar-refractivity contribution < 1.29 is 13.9 Å². The van der Waals surface area contributed by atoms with Gasteiger partial charge < -0.3 is 14.8 Å². The Kier molecular flexibility index (Phi) is 5.09. The second kappa shape index (κ2) is 6.65. The van der Waals surface area contributed by atoms with Gasteiger partial charge in [0.1, 0.15) is 0 Å². The van der Waals surface area contributed by atoms with E-state index in [2.05, 4.69) is 19.2 Å². The Morgan fingerprint density at radius 3 is 2.62 bits per heavy atom. The minimum Gasteiger partial charge on any atom is -0.491 e. The number of halogens is 1. The lowest BCUT2D eigenvalue weighted by molar-refractivity contribution is -0.109. The molecule has 0 aromatic heterocycles. The Balaban J connectivity index is 2.04. The van der Waals surface area contributed by atoms with Crippen LogP contribution in [0.1, 0.15) is 40.5 Å². The molecule has 3 unspecified atom stereocenters. The zero-order valence-electron chi connectivity index (χ0n) is 13.4. The van der Waals surface area contributed by atoms with Gasteiger partial charge in [-0.25, -0.2) is 4.39 Å². The molecule has 0 saturated heterocycles. The van der Waals surface area contributed by atoms with E-state index in [4.69, 9.17) is 9.47 Å². The molecular weight excluding hydrogens is 269 g/mol. The Labute approximate surface area is 126 Å². The molecule has 1 aromatic rings. The van der Waals surface area contributed by atoms with Gasteiger partial charge in [0, 0.05) is 29.8 Å². The molecule has 3 atom stereocenters. The van der Waals surface area contributed by atoms with Crippen LogP contribution in [0, 0.1) is 11.2 Å². The summed E-state index contributed by atoms with van der Waals surface area (Å²) in [5.41, 5.74) is 0.904.